The van der Waals surface area contributed by atoms with Gasteiger partial charge in [-0.2, -0.15) is 13.2 Å². The Labute approximate surface area is 193 Å². The molecule has 1 amide bonds. The normalized spacial score (nSPS) is 11.6. The van der Waals surface area contributed by atoms with E-state index in [1.54, 1.807) is 24.3 Å². The summed E-state index contributed by atoms with van der Waals surface area (Å²) in [6.07, 6.45) is -2.74. The first-order valence-corrected chi connectivity index (χ1v) is 10.7. The van der Waals surface area contributed by atoms with Crippen LogP contribution < -0.4 is 5.32 Å². The summed E-state index contributed by atoms with van der Waals surface area (Å²) in [6.45, 7) is 0.266. The van der Waals surface area contributed by atoms with Crippen LogP contribution in [0.5, 0.6) is 0 Å². The Kier molecular flexibility index (Phi) is 8.08. The number of rotatable bonds is 8. The smallest absolute Gasteiger partial charge is 0.352 e. The molecule has 8 heteroatoms. The standard InChI is InChI=1S/C25H21ClF5NO/c26-23-13-8-18(15-22(23)25(29,30)31)24(33)32-14-2-1-3-21(16-4-9-19(27)10-5-16)17-6-11-20(28)12-7-17/h4-13,15,21H,1-3,14H2,(H,32,33). The van der Waals surface area contributed by atoms with E-state index in [9.17, 15) is 26.7 Å². The van der Waals surface area contributed by atoms with Gasteiger partial charge < -0.3 is 5.32 Å². The highest BCUT2D eigenvalue weighted by atomic mass is 35.5. The van der Waals surface area contributed by atoms with Crippen LogP contribution in [0, 0.1) is 11.6 Å². The molecule has 33 heavy (non-hydrogen) atoms. The predicted octanol–water partition coefficient (Wildman–Crippen LogP) is 7.37. The van der Waals surface area contributed by atoms with Gasteiger partial charge in [-0.3, -0.25) is 4.79 Å². The van der Waals surface area contributed by atoms with Crippen LogP contribution in [0.3, 0.4) is 0 Å². The van der Waals surface area contributed by atoms with Gasteiger partial charge in [0.2, 0.25) is 0 Å². The van der Waals surface area contributed by atoms with Gasteiger partial charge >= 0.3 is 6.18 Å². The Morgan fingerprint density at radius 2 is 1.39 bits per heavy atom. The van der Waals surface area contributed by atoms with Gasteiger partial charge in [-0.05, 0) is 66.4 Å². The molecule has 0 unspecified atom stereocenters. The number of halogens is 6. The van der Waals surface area contributed by atoms with Crippen LogP contribution in [0.25, 0.3) is 0 Å². The lowest BCUT2D eigenvalue weighted by Gasteiger charge is -2.18. The van der Waals surface area contributed by atoms with Crippen molar-refractivity contribution in [1.29, 1.82) is 0 Å². The first kappa shape index (κ1) is 24.7. The first-order chi connectivity index (χ1) is 15.6. The molecule has 0 bridgehead atoms. The van der Waals surface area contributed by atoms with E-state index < -0.39 is 22.7 Å². The number of carbonyl (C=O) groups excluding carboxylic acids is 1. The summed E-state index contributed by atoms with van der Waals surface area (Å²) in [4.78, 5) is 12.2. The Morgan fingerprint density at radius 1 is 0.848 bits per heavy atom. The van der Waals surface area contributed by atoms with Crippen LogP contribution in [0.4, 0.5) is 22.0 Å². The lowest BCUT2D eigenvalue weighted by Crippen LogP contribution is -2.25. The summed E-state index contributed by atoms with van der Waals surface area (Å²) in [5.74, 6) is -1.41. The third-order valence-electron chi connectivity index (χ3n) is 5.28. The topological polar surface area (TPSA) is 29.1 Å². The molecule has 0 radical (unpaired) electrons. The van der Waals surface area contributed by atoms with Gasteiger partial charge in [0.15, 0.2) is 0 Å². The number of unbranched alkanes of at least 4 members (excludes halogenated alkanes) is 1. The fourth-order valence-corrected chi connectivity index (χ4v) is 3.80. The fourth-order valence-electron chi connectivity index (χ4n) is 3.58. The lowest BCUT2D eigenvalue weighted by atomic mass is 9.87. The number of carbonyl (C=O) groups is 1. The molecule has 0 atom stereocenters. The number of benzene rings is 3. The summed E-state index contributed by atoms with van der Waals surface area (Å²) in [7, 11) is 0. The molecule has 0 spiro atoms. The Morgan fingerprint density at radius 3 is 1.91 bits per heavy atom. The molecule has 3 aromatic carbocycles. The predicted molar refractivity (Wildman–Crippen MR) is 117 cm³/mol. The van der Waals surface area contributed by atoms with Crippen molar-refractivity contribution < 1.29 is 26.7 Å². The van der Waals surface area contributed by atoms with Crippen molar-refractivity contribution in [2.75, 3.05) is 6.54 Å². The van der Waals surface area contributed by atoms with Gasteiger partial charge in [0.1, 0.15) is 11.6 Å². The number of hydrogen-bond donors (Lipinski definition) is 1. The Bertz CT molecular complexity index is 1040. The first-order valence-electron chi connectivity index (χ1n) is 10.3. The zero-order valence-corrected chi connectivity index (χ0v) is 18.2. The van der Waals surface area contributed by atoms with E-state index in [0.29, 0.717) is 19.3 Å². The zero-order valence-electron chi connectivity index (χ0n) is 17.4. The minimum atomic E-state index is -4.65. The van der Waals surface area contributed by atoms with Gasteiger partial charge in [-0.15, -0.1) is 0 Å². The molecular weight excluding hydrogens is 461 g/mol. The van der Waals surface area contributed by atoms with Crippen molar-refractivity contribution in [1.82, 2.24) is 5.32 Å². The Balaban J connectivity index is 1.58. The van der Waals surface area contributed by atoms with Crippen LogP contribution >= 0.6 is 11.6 Å². The minimum absolute atomic E-state index is 0.0903. The van der Waals surface area contributed by atoms with Crippen LogP contribution in [0.2, 0.25) is 5.02 Å². The minimum Gasteiger partial charge on any atom is -0.352 e. The summed E-state index contributed by atoms with van der Waals surface area (Å²) in [6, 6.07) is 15.2. The number of hydrogen-bond acceptors (Lipinski definition) is 1. The summed E-state index contributed by atoms with van der Waals surface area (Å²) in [5, 5.41) is 2.15. The van der Waals surface area contributed by atoms with Gasteiger partial charge in [0, 0.05) is 18.0 Å². The molecule has 2 nitrogen and oxygen atoms in total. The zero-order chi connectivity index (χ0) is 24.0. The van der Waals surface area contributed by atoms with Gasteiger partial charge in [-0.25, -0.2) is 8.78 Å². The molecule has 0 aliphatic heterocycles. The lowest BCUT2D eigenvalue weighted by molar-refractivity contribution is -0.137. The molecule has 0 aromatic heterocycles. The average Bonchev–Trinajstić information content (AvgIpc) is 2.77. The monoisotopic (exact) mass is 481 g/mol. The van der Waals surface area contributed by atoms with Crippen LogP contribution in [0.15, 0.2) is 66.7 Å². The molecule has 3 aromatic rings. The van der Waals surface area contributed by atoms with Crippen molar-refractivity contribution in [3.8, 4) is 0 Å². The molecule has 0 saturated heterocycles. The maximum absolute atomic E-state index is 13.3. The van der Waals surface area contributed by atoms with E-state index in [4.69, 9.17) is 11.6 Å². The van der Waals surface area contributed by atoms with Gasteiger partial charge in [0.05, 0.1) is 10.6 Å². The third-order valence-corrected chi connectivity index (χ3v) is 5.61. The summed E-state index contributed by atoms with van der Waals surface area (Å²) >= 11 is 5.59. The van der Waals surface area contributed by atoms with Crippen LogP contribution in [-0.2, 0) is 6.18 Å². The van der Waals surface area contributed by atoms with Crippen molar-refractivity contribution in [2.24, 2.45) is 0 Å². The largest absolute Gasteiger partial charge is 0.417 e. The fraction of sp³-hybridized carbons (Fsp3) is 0.240. The van der Waals surface area contributed by atoms with Crippen LogP contribution in [0.1, 0.15) is 52.2 Å². The van der Waals surface area contributed by atoms with E-state index in [2.05, 4.69) is 5.32 Å². The highest BCUT2D eigenvalue weighted by molar-refractivity contribution is 6.31. The van der Waals surface area contributed by atoms with Gasteiger partial charge in [-0.1, -0.05) is 42.3 Å². The second-order valence-corrected chi connectivity index (χ2v) is 8.01. The second kappa shape index (κ2) is 10.8. The maximum Gasteiger partial charge on any atom is 0.417 e. The quantitative estimate of drug-likeness (QED) is 0.264. The van der Waals surface area contributed by atoms with Crippen molar-refractivity contribution in [3.05, 3.63) is 106 Å². The second-order valence-electron chi connectivity index (χ2n) is 7.60. The number of alkyl halides is 3. The van der Waals surface area contributed by atoms with E-state index in [0.717, 1.165) is 23.3 Å². The van der Waals surface area contributed by atoms with Crippen molar-refractivity contribution in [3.63, 3.8) is 0 Å². The molecule has 3 rings (SSSR count). The average molecular weight is 482 g/mol. The molecular formula is C25H21ClF5NO. The highest BCUT2D eigenvalue weighted by Crippen LogP contribution is 2.35. The summed E-state index contributed by atoms with van der Waals surface area (Å²) < 4.78 is 65.6. The number of nitrogens with one attached hydrogen (secondary N) is 1. The third kappa shape index (κ3) is 6.78. The highest BCUT2D eigenvalue weighted by Gasteiger charge is 2.33. The number of amides is 1. The molecule has 1 N–H and O–H groups in total. The molecule has 0 aliphatic rings. The van der Waals surface area contributed by atoms with E-state index in [-0.39, 0.29) is 29.7 Å². The van der Waals surface area contributed by atoms with Crippen molar-refractivity contribution in [2.45, 2.75) is 31.4 Å². The van der Waals surface area contributed by atoms with Crippen LogP contribution in [-0.4, -0.2) is 12.5 Å². The van der Waals surface area contributed by atoms with Crippen molar-refractivity contribution >= 4 is 17.5 Å². The molecule has 0 aliphatic carbocycles. The van der Waals surface area contributed by atoms with E-state index in [1.807, 2.05) is 0 Å². The molecule has 0 saturated carbocycles. The summed E-state index contributed by atoms with van der Waals surface area (Å²) in [5.41, 5.74) is 0.584. The van der Waals surface area contributed by atoms with Gasteiger partial charge in [0.25, 0.3) is 5.91 Å². The molecule has 0 heterocycles. The Hall–Kier alpha value is -2.93. The van der Waals surface area contributed by atoms with E-state index >= 15 is 0 Å². The molecule has 174 valence electrons. The maximum atomic E-state index is 13.3. The SMILES string of the molecule is O=C(NCCCCC(c1ccc(F)cc1)c1ccc(F)cc1)c1ccc(Cl)c(C(F)(F)F)c1. The van der Waals surface area contributed by atoms with E-state index in [1.165, 1.54) is 30.3 Å². The molecule has 0 fully saturated rings.